The van der Waals surface area contributed by atoms with E-state index in [0.29, 0.717) is 13.0 Å². The molecule has 2 aromatic rings. The Morgan fingerprint density at radius 2 is 1.44 bits per heavy atom. The smallest absolute Gasteiger partial charge is 0.227 e. The van der Waals surface area contributed by atoms with Crippen molar-refractivity contribution >= 4 is 23.4 Å². The van der Waals surface area contributed by atoms with E-state index < -0.39 is 0 Å². The maximum Gasteiger partial charge on any atom is 0.227 e. The van der Waals surface area contributed by atoms with Gasteiger partial charge in [-0.25, -0.2) is 0 Å². The first-order chi connectivity index (χ1) is 20.8. The number of hydrogen-bond donors (Lipinski definition) is 0. The highest BCUT2D eigenvalue weighted by atomic mass is 32.2. The maximum atomic E-state index is 13.1. The minimum absolute atomic E-state index is 0.0117. The monoisotopic (exact) mass is 606 g/mol. The van der Waals surface area contributed by atoms with Gasteiger partial charge in [0.15, 0.2) is 0 Å². The van der Waals surface area contributed by atoms with Gasteiger partial charge in [0.1, 0.15) is 5.75 Å². The molecular formula is C38H58N2O2S. The molecule has 1 amide bonds. The molecule has 0 saturated carbocycles. The van der Waals surface area contributed by atoms with Gasteiger partial charge in [-0.1, -0.05) is 130 Å². The summed E-state index contributed by atoms with van der Waals surface area (Å²) >= 11 is 1.82. The van der Waals surface area contributed by atoms with Crippen molar-refractivity contribution in [3.05, 3.63) is 70.8 Å². The largest absolute Gasteiger partial charge is 0.493 e. The lowest BCUT2D eigenvalue weighted by Crippen LogP contribution is -2.29. The van der Waals surface area contributed by atoms with Crippen molar-refractivity contribution in [2.45, 2.75) is 137 Å². The van der Waals surface area contributed by atoms with Gasteiger partial charge >= 0.3 is 0 Å². The number of carbonyl (C=O) groups is 1. The van der Waals surface area contributed by atoms with Gasteiger partial charge in [-0.15, -0.1) is 11.8 Å². The molecule has 0 radical (unpaired) electrons. The quantitative estimate of drug-likeness (QED) is 0.140. The van der Waals surface area contributed by atoms with Gasteiger partial charge in [0.05, 0.1) is 19.0 Å². The fraction of sp³-hybridized carbons (Fsp3) is 0.605. The summed E-state index contributed by atoms with van der Waals surface area (Å²) in [6.45, 7) is 13.1. The molecule has 0 bridgehead atoms. The Bertz CT molecular complexity index is 1110. The normalized spacial score (nSPS) is 13.1. The molecule has 3 rings (SSSR count). The van der Waals surface area contributed by atoms with E-state index in [-0.39, 0.29) is 11.3 Å². The molecule has 0 N–H and O–H groups in total. The van der Waals surface area contributed by atoms with Gasteiger partial charge in [0.2, 0.25) is 5.91 Å². The Labute approximate surface area is 267 Å². The van der Waals surface area contributed by atoms with E-state index in [4.69, 9.17) is 4.74 Å². The van der Waals surface area contributed by atoms with Gasteiger partial charge in [-0.2, -0.15) is 0 Å². The van der Waals surface area contributed by atoms with Gasteiger partial charge in [0, 0.05) is 24.9 Å². The number of anilines is 1. The fourth-order valence-corrected chi connectivity index (χ4v) is 6.36. The Kier molecular flexibility index (Phi) is 15.6. The number of thioether (sulfide) groups is 1. The summed E-state index contributed by atoms with van der Waals surface area (Å²) in [4.78, 5) is 17.3. The lowest BCUT2D eigenvalue weighted by atomic mass is 9.85. The Hall–Kier alpha value is -2.40. The second kappa shape index (κ2) is 19.1. The van der Waals surface area contributed by atoms with Crippen LogP contribution in [-0.2, 0) is 23.3 Å². The molecule has 0 saturated heterocycles. The lowest BCUT2D eigenvalue weighted by Gasteiger charge is -2.26. The third kappa shape index (κ3) is 12.6. The number of carbonyl (C=O) groups excluding carboxylic acids is 1. The van der Waals surface area contributed by atoms with Gasteiger partial charge < -0.3 is 14.5 Å². The molecule has 0 spiro atoms. The van der Waals surface area contributed by atoms with Crippen LogP contribution < -0.4 is 9.64 Å². The maximum absolute atomic E-state index is 13.1. The summed E-state index contributed by atoms with van der Waals surface area (Å²) in [6, 6.07) is 15.0. The molecule has 2 aromatic carbocycles. The zero-order chi connectivity index (χ0) is 30.9. The van der Waals surface area contributed by atoms with Crippen molar-refractivity contribution in [2.24, 2.45) is 0 Å². The SMILES string of the molecule is CCCCCCCCCCCCCCOc1cc(CN(C(=O)CC)c2ccc(CN3C=CSC3)cc2)ccc1C(C)(C)C. The van der Waals surface area contributed by atoms with Crippen LogP contribution in [0.15, 0.2) is 54.1 Å². The molecule has 0 aliphatic carbocycles. The van der Waals surface area contributed by atoms with E-state index in [0.717, 1.165) is 42.4 Å². The van der Waals surface area contributed by atoms with Crippen LogP contribution in [0.5, 0.6) is 5.75 Å². The molecule has 0 aromatic heterocycles. The van der Waals surface area contributed by atoms with E-state index in [2.05, 4.69) is 86.7 Å². The van der Waals surface area contributed by atoms with E-state index in [1.165, 1.54) is 81.8 Å². The van der Waals surface area contributed by atoms with E-state index in [1.807, 2.05) is 23.6 Å². The van der Waals surface area contributed by atoms with Crippen LogP contribution in [-0.4, -0.2) is 23.3 Å². The van der Waals surface area contributed by atoms with Gasteiger partial charge in [-0.05, 0) is 52.1 Å². The Morgan fingerprint density at radius 3 is 2.00 bits per heavy atom. The topological polar surface area (TPSA) is 32.8 Å². The number of rotatable bonds is 20. The van der Waals surface area contributed by atoms with Crippen LogP contribution >= 0.6 is 11.8 Å². The van der Waals surface area contributed by atoms with Crippen molar-refractivity contribution < 1.29 is 9.53 Å². The summed E-state index contributed by atoms with van der Waals surface area (Å²) in [5, 5.41) is 2.14. The van der Waals surface area contributed by atoms with Gasteiger partial charge in [0.25, 0.3) is 0 Å². The molecule has 0 fully saturated rings. The standard InChI is InChI=1S/C38H58N2O2S/c1-6-8-9-10-11-12-13-14-15-16-17-18-26-42-36-28-33(21-24-35(36)38(3,4)5)30-40(37(41)7-2)34-22-19-32(20-23-34)29-39-25-27-43-31-39/h19-25,27-28H,6-18,26,29-31H2,1-5H3. The van der Waals surface area contributed by atoms with Crippen LogP contribution in [0.2, 0.25) is 0 Å². The third-order valence-electron chi connectivity index (χ3n) is 8.30. The second-order valence-electron chi connectivity index (χ2n) is 13.1. The summed E-state index contributed by atoms with van der Waals surface area (Å²) < 4.78 is 6.43. The molecule has 5 heteroatoms. The molecule has 4 nitrogen and oxygen atoms in total. The molecule has 43 heavy (non-hydrogen) atoms. The number of unbranched alkanes of at least 4 members (excludes halogenated alkanes) is 11. The third-order valence-corrected chi connectivity index (χ3v) is 9.09. The number of nitrogens with zero attached hydrogens (tertiary/aromatic N) is 2. The number of ether oxygens (including phenoxy) is 1. The Morgan fingerprint density at radius 1 is 0.837 bits per heavy atom. The fourth-order valence-electron chi connectivity index (χ4n) is 5.65. The van der Waals surface area contributed by atoms with E-state index in [1.54, 1.807) is 0 Å². The average Bonchev–Trinajstić information content (AvgIpc) is 3.51. The highest BCUT2D eigenvalue weighted by molar-refractivity contribution is 8.02. The van der Waals surface area contributed by atoms with Crippen molar-refractivity contribution in [1.82, 2.24) is 4.90 Å². The highest BCUT2D eigenvalue weighted by Crippen LogP contribution is 2.33. The molecule has 0 atom stereocenters. The van der Waals surface area contributed by atoms with Crippen LogP contribution in [0.25, 0.3) is 0 Å². The first-order valence-electron chi connectivity index (χ1n) is 17.0. The van der Waals surface area contributed by atoms with Crippen molar-refractivity contribution in [1.29, 1.82) is 0 Å². The second-order valence-corrected chi connectivity index (χ2v) is 14.0. The predicted molar refractivity (Wildman–Crippen MR) is 187 cm³/mol. The van der Waals surface area contributed by atoms with E-state index in [9.17, 15) is 4.79 Å². The number of amides is 1. The van der Waals surface area contributed by atoms with Crippen LogP contribution in [0.4, 0.5) is 5.69 Å². The number of hydrogen-bond acceptors (Lipinski definition) is 4. The minimum Gasteiger partial charge on any atom is -0.493 e. The van der Waals surface area contributed by atoms with Crippen LogP contribution in [0, 0.1) is 0 Å². The summed E-state index contributed by atoms with van der Waals surface area (Å²) in [5.41, 5.74) is 4.51. The molecule has 0 unspecified atom stereocenters. The molecule has 1 heterocycles. The minimum atomic E-state index is -0.0117. The van der Waals surface area contributed by atoms with Crippen molar-refractivity contribution in [3.63, 3.8) is 0 Å². The van der Waals surface area contributed by atoms with E-state index >= 15 is 0 Å². The molecular weight excluding hydrogens is 548 g/mol. The highest BCUT2D eigenvalue weighted by Gasteiger charge is 2.21. The average molecular weight is 607 g/mol. The van der Waals surface area contributed by atoms with Crippen molar-refractivity contribution in [3.8, 4) is 5.75 Å². The molecule has 1 aliphatic heterocycles. The lowest BCUT2D eigenvalue weighted by molar-refractivity contribution is -0.118. The van der Waals surface area contributed by atoms with Gasteiger partial charge in [-0.3, -0.25) is 4.79 Å². The zero-order valence-corrected chi connectivity index (χ0v) is 28.7. The Balaban J connectivity index is 1.53. The first-order valence-corrected chi connectivity index (χ1v) is 18.0. The zero-order valence-electron chi connectivity index (χ0n) is 27.8. The number of benzene rings is 2. The summed E-state index contributed by atoms with van der Waals surface area (Å²) in [5.74, 6) is 2.09. The van der Waals surface area contributed by atoms with Crippen LogP contribution in [0.3, 0.4) is 0 Å². The summed E-state index contributed by atoms with van der Waals surface area (Å²) in [7, 11) is 0. The molecule has 1 aliphatic rings. The summed E-state index contributed by atoms with van der Waals surface area (Å²) in [6.07, 6.45) is 18.7. The predicted octanol–water partition coefficient (Wildman–Crippen LogP) is 11.0. The van der Waals surface area contributed by atoms with Crippen LogP contribution in [0.1, 0.15) is 135 Å². The first kappa shape index (κ1) is 35.1. The molecule has 238 valence electrons. The van der Waals surface area contributed by atoms with Crippen molar-refractivity contribution in [2.75, 3.05) is 17.4 Å².